The van der Waals surface area contributed by atoms with Gasteiger partial charge in [-0.25, -0.2) is 0 Å². The molecule has 1 atom stereocenters. The summed E-state index contributed by atoms with van der Waals surface area (Å²) in [7, 11) is 3.58. The van der Waals surface area contributed by atoms with E-state index < -0.39 is 0 Å². The van der Waals surface area contributed by atoms with Crippen LogP contribution in [0.25, 0.3) is 0 Å². The minimum absolute atomic E-state index is 0.0381. The minimum Gasteiger partial charge on any atom is -0.496 e. The number of benzene rings is 1. The lowest BCUT2D eigenvalue weighted by molar-refractivity contribution is -0.130. The van der Waals surface area contributed by atoms with Crippen LogP contribution in [0, 0.1) is 0 Å². The minimum atomic E-state index is -0.0381. The van der Waals surface area contributed by atoms with Crippen molar-refractivity contribution < 1.29 is 9.53 Å². The summed E-state index contributed by atoms with van der Waals surface area (Å²) >= 11 is 0. The van der Waals surface area contributed by atoms with Crippen molar-refractivity contribution in [3.63, 3.8) is 0 Å². The number of hydrogen-bond acceptors (Lipinski definition) is 3. The standard InChI is InChI=1S/C14H18N2O2/c1-15-7-4-8-16-11-5-3-6-13(18-2)10(11)9-12(16)14(15)17/h3,5-6,12H,4,7-9H2,1-2H3. The predicted molar refractivity (Wildman–Crippen MR) is 70.1 cm³/mol. The zero-order chi connectivity index (χ0) is 12.7. The van der Waals surface area contributed by atoms with Gasteiger partial charge in [-0.1, -0.05) is 6.07 Å². The quantitative estimate of drug-likeness (QED) is 0.748. The van der Waals surface area contributed by atoms with Gasteiger partial charge in [0.2, 0.25) is 5.91 Å². The number of ether oxygens (including phenoxy) is 1. The van der Waals surface area contributed by atoms with E-state index in [0.717, 1.165) is 31.7 Å². The lowest BCUT2D eigenvalue weighted by Gasteiger charge is -2.24. The zero-order valence-electron chi connectivity index (χ0n) is 10.8. The van der Waals surface area contributed by atoms with Crippen LogP contribution in [0.5, 0.6) is 5.75 Å². The van der Waals surface area contributed by atoms with E-state index in [0.29, 0.717) is 0 Å². The summed E-state index contributed by atoms with van der Waals surface area (Å²) in [6, 6.07) is 6.03. The highest BCUT2D eigenvalue weighted by Crippen LogP contribution is 2.39. The van der Waals surface area contributed by atoms with Crippen LogP contribution >= 0.6 is 0 Å². The number of nitrogens with zero attached hydrogens (tertiary/aromatic N) is 2. The number of amides is 1. The zero-order valence-corrected chi connectivity index (χ0v) is 10.8. The Bertz CT molecular complexity index is 487. The first-order valence-electron chi connectivity index (χ1n) is 6.40. The average molecular weight is 246 g/mol. The first-order valence-corrected chi connectivity index (χ1v) is 6.40. The van der Waals surface area contributed by atoms with E-state index in [9.17, 15) is 4.79 Å². The molecule has 0 saturated carbocycles. The molecule has 1 fully saturated rings. The van der Waals surface area contributed by atoms with Crippen LogP contribution < -0.4 is 9.64 Å². The molecule has 1 unspecified atom stereocenters. The molecule has 1 saturated heterocycles. The fraction of sp³-hybridized carbons (Fsp3) is 0.500. The fourth-order valence-corrected chi connectivity index (χ4v) is 3.03. The summed E-state index contributed by atoms with van der Waals surface area (Å²) < 4.78 is 5.40. The van der Waals surface area contributed by atoms with Gasteiger partial charge in [0, 0.05) is 37.8 Å². The van der Waals surface area contributed by atoms with Gasteiger partial charge in [0.1, 0.15) is 11.8 Å². The molecule has 0 bridgehead atoms. The summed E-state index contributed by atoms with van der Waals surface area (Å²) in [4.78, 5) is 16.4. The number of rotatable bonds is 1. The van der Waals surface area contributed by atoms with Gasteiger partial charge in [0.25, 0.3) is 0 Å². The summed E-state index contributed by atoms with van der Waals surface area (Å²) in [5.41, 5.74) is 2.34. The van der Waals surface area contributed by atoms with Crippen molar-refractivity contribution >= 4 is 11.6 Å². The van der Waals surface area contributed by atoms with E-state index in [2.05, 4.69) is 11.0 Å². The van der Waals surface area contributed by atoms with E-state index in [1.54, 1.807) is 7.11 Å². The van der Waals surface area contributed by atoms with E-state index in [1.807, 2.05) is 24.1 Å². The van der Waals surface area contributed by atoms with Gasteiger partial charge in [0.05, 0.1) is 7.11 Å². The van der Waals surface area contributed by atoms with E-state index >= 15 is 0 Å². The van der Waals surface area contributed by atoms with Gasteiger partial charge < -0.3 is 14.5 Å². The van der Waals surface area contributed by atoms with Crippen molar-refractivity contribution in [3.05, 3.63) is 23.8 Å². The number of hydrogen-bond donors (Lipinski definition) is 0. The lowest BCUT2D eigenvalue weighted by atomic mass is 10.1. The topological polar surface area (TPSA) is 32.8 Å². The van der Waals surface area contributed by atoms with Crippen molar-refractivity contribution in [2.75, 3.05) is 32.1 Å². The average Bonchev–Trinajstić information content (AvgIpc) is 2.70. The molecule has 1 aromatic rings. The maximum absolute atomic E-state index is 12.3. The van der Waals surface area contributed by atoms with Gasteiger partial charge in [-0.3, -0.25) is 4.79 Å². The molecular weight excluding hydrogens is 228 g/mol. The third-order valence-electron chi connectivity index (χ3n) is 3.97. The van der Waals surface area contributed by atoms with Gasteiger partial charge in [-0.15, -0.1) is 0 Å². The Morgan fingerprint density at radius 2 is 2.17 bits per heavy atom. The second-order valence-electron chi connectivity index (χ2n) is 4.98. The molecule has 18 heavy (non-hydrogen) atoms. The second-order valence-corrected chi connectivity index (χ2v) is 4.98. The number of carbonyl (C=O) groups excluding carboxylic acids is 1. The first kappa shape index (κ1) is 11.4. The van der Waals surface area contributed by atoms with Gasteiger partial charge in [0.15, 0.2) is 0 Å². The molecule has 4 nitrogen and oxygen atoms in total. The third-order valence-corrected chi connectivity index (χ3v) is 3.97. The molecule has 0 radical (unpaired) electrons. The molecule has 96 valence electrons. The summed E-state index contributed by atoms with van der Waals surface area (Å²) in [5, 5.41) is 0. The molecule has 0 N–H and O–H groups in total. The van der Waals surface area contributed by atoms with Crippen LogP contribution in [0.15, 0.2) is 18.2 Å². The smallest absolute Gasteiger partial charge is 0.245 e. The van der Waals surface area contributed by atoms with Crippen LogP contribution in [0.1, 0.15) is 12.0 Å². The molecule has 0 aliphatic carbocycles. The Hall–Kier alpha value is -1.71. The second kappa shape index (κ2) is 4.19. The van der Waals surface area contributed by atoms with Gasteiger partial charge in [-0.05, 0) is 18.6 Å². The lowest BCUT2D eigenvalue weighted by Crippen LogP contribution is -2.42. The predicted octanol–water partition coefficient (Wildman–Crippen LogP) is 1.29. The summed E-state index contributed by atoms with van der Waals surface area (Å²) in [6.45, 7) is 1.80. The fourth-order valence-electron chi connectivity index (χ4n) is 3.03. The highest BCUT2D eigenvalue weighted by molar-refractivity contribution is 5.89. The maximum atomic E-state index is 12.3. The Morgan fingerprint density at radius 3 is 2.94 bits per heavy atom. The first-order chi connectivity index (χ1) is 8.72. The molecule has 4 heteroatoms. The number of likely N-dealkylation sites (N-methyl/N-ethyl adjacent to an activating group) is 1. The monoisotopic (exact) mass is 246 g/mol. The SMILES string of the molecule is COc1cccc2c1CC1C(=O)N(C)CCCN21. The molecule has 0 spiro atoms. The number of methoxy groups -OCH3 is 1. The highest BCUT2D eigenvalue weighted by Gasteiger charge is 2.38. The molecule has 3 rings (SSSR count). The molecule has 2 aliphatic heterocycles. The third kappa shape index (κ3) is 1.55. The molecule has 1 amide bonds. The van der Waals surface area contributed by atoms with Crippen LogP contribution in [-0.4, -0.2) is 44.1 Å². The Labute approximate surface area is 107 Å². The van der Waals surface area contributed by atoms with Gasteiger partial charge in [-0.2, -0.15) is 0 Å². The van der Waals surface area contributed by atoms with E-state index in [4.69, 9.17) is 4.74 Å². The molecule has 2 aliphatic rings. The van der Waals surface area contributed by atoms with Crippen LogP contribution in [0.4, 0.5) is 5.69 Å². The van der Waals surface area contributed by atoms with Crippen molar-refractivity contribution in [2.45, 2.75) is 18.9 Å². The Balaban J connectivity index is 2.02. The maximum Gasteiger partial charge on any atom is 0.245 e. The van der Waals surface area contributed by atoms with Crippen LogP contribution in [0.2, 0.25) is 0 Å². The summed E-state index contributed by atoms with van der Waals surface area (Å²) in [5.74, 6) is 1.13. The van der Waals surface area contributed by atoms with Crippen molar-refractivity contribution in [1.82, 2.24) is 4.90 Å². The highest BCUT2D eigenvalue weighted by atomic mass is 16.5. The summed E-state index contributed by atoms with van der Waals surface area (Å²) in [6.07, 6.45) is 1.79. The number of fused-ring (bicyclic) bond motifs is 3. The normalized spacial score (nSPS) is 22.6. The van der Waals surface area contributed by atoms with E-state index in [-0.39, 0.29) is 11.9 Å². The molecule has 0 aromatic heterocycles. The van der Waals surface area contributed by atoms with Crippen LogP contribution in [0.3, 0.4) is 0 Å². The largest absolute Gasteiger partial charge is 0.496 e. The molecule has 2 heterocycles. The van der Waals surface area contributed by atoms with E-state index in [1.165, 1.54) is 11.3 Å². The molecule has 1 aromatic carbocycles. The van der Waals surface area contributed by atoms with Crippen molar-refractivity contribution in [3.8, 4) is 5.75 Å². The Kier molecular flexibility index (Phi) is 2.65. The molecular formula is C14H18N2O2. The van der Waals surface area contributed by atoms with Gasteiger partial charge >= 0.3 is 0 Å². The Morgan fingerprint density at radius 1 is 1.33 bits per heavy atom. The van der Waals surface area contributed by atoms with Crippen molar-refractivity contribution in [2.24, 2.45) is 0 Å². The number of anilines is 1. The van der Waals surface area contributed by atoms with Crippen LogP contribution in [-0.2, 0) is 11.2 Å². The van der Waals surface area contributed by atoms with Crippen molar-refractivity contribution in [1.29, 1.82) is 0 Å². The number of carbonyl (C=O) groups is 1.